The Kier molecular flexibility index (Phi) is 1.58. The molecule has 0 aliphatic carbocycles. The van der Waals surface area contributed by atoms with E-state index in [2.05, 4.69) is 5.32 Å². The summed E-state index contributed by atoms with van der Waals surface area (Å²) in [7, 11) is 0. The molecule has 0 aromatic rings. The third-order valence-electron chi connectivity index (χ3n) is 1.10. The molecule has 1 aliphatic rings. The first kappa shape index (κ1) is 5.95. The Hall–Kier alpha value is -1.18. The van der Waals surface area contributed by atoms with Gasteiger partial charge >= 0.3 is 0 Å². The van der Waals surface area contributed by atoms with Crippen molar-refractivity contribution in [1.29, 1.82) is 0 Å². The van der Waals surface area contributed by atoms with Crippen LogP contribution in [0.3, 0.4) is 0 Å². The molecule has 2 heteroatoms. The van der Waals surface area contributed by atoms with Gasteiger partial charge in [0.1, 0.15) is 0 Å². The van der Waals surface area contributed by atoms with Crippen LogP contribution >= 0.6 is 0 Å². The average Bonchev–Trinajstić information content (AvgIpc) is 1.97. The summed E-state index contributed by atoms with van der Waals surface area (Å²) in [6.07, 6.45) is 7.49. The number of hydrogen-bond donors (Lipinski definition) is 2. The lowest BCUT2D eigenvalue weighted by Gasteiger charge is -1.88. The minimum Gasteiger partial charge on any atom is -0.398 e. The molecular formula is C7H10N2. The zero-order valence-electron chi connectivity index (χ0n) is 5.39. The van der Waals surface area contributed by atoms with Gasteiger partial charge in [0.15, 0.2) is 0 Å². The molecule has 0 unspecified atom stereocenters. The number of hydrogen-bond acceptors (Lipinski definition) is 2. The molecule has 0 fully saturated rings. The van der Waals surface area contributed by atoms with Crippen molar-refractivity contribution < 1.29 is 0 Å². The fourth-order valence-electron chi connectivity index (χ4n) is 0.593. The molecule has 0 saturated carbocycles. The van der Waals surface area contributed by atoms with Gasteiger partial charge in [0, 0.05) is 18.1 Å². The van der Waals surface area contributed by atoms with E-state index in [1.54, 1.807) is 6.20 Å². The van der Waals surface area contributed by atoms with Crippen molar-refractivity contribution in [2.24, 2.45) is 5.73 Å². The predicted octanol–water partition coefficient (Wildman–Crippen LogP) is 0.850. The van der Waals surface area contributed by atoms with E-state index >= 15 is 0 Å². The maximum absolute atomic E-state index is 5.48. The monoisotopic (exact) mass is 122 g/mol. The highest BCUT2D eigenvalue weighted by Gasteiger charge is 1.86. The summed E-state index contributed by atoms with van der Waals surface area (Å²) >= 11 is 0. The van der Waals surface area contributed by atoms with E-state index in [1.165, 1.54) is 5.57 Å². The Bertz CT molecular complexity index is 167. The van der Waals surface area contributed by atoms with Gasteiger partial charge in [0.25, 0.3) is 0 Å². The van der Waals surface area contributed by atoms with E-state index in [9.17, 15) is 0 Å². The molecular weight excluding hydrogens is 112 g/mol. The van der Waals surface area contributed by atoms with E-state index in [-0.39, 0.29) is 0 Å². The summed E-state index contributed by atoms with van der Waals surface area (Å²) in [5.74, 6) is 0. The number of allylic oxidation sites excluding steroid dienone is 3. The summed E-state index contributed by atoms with van der Waals surface area (Å²) in [5, 5.41) is 2.94. The minimum atomic E-state index is 0.753. The summed E-state index contributed by atoms with van der Waals surface area (Å²) < 4.78 is 0. The fraction of sp³-hybridized carbons (Fsp3) is 0.143. The van der Waals surface area contributed by atoms with Crippen molar-refractivity contribution in [2.45, 2.75) is 6.92 Å². The van der Waals surface area contributed by atoms with Gasteiger partial charge in [-0.25, -0.2) is 0 Å². The highest BCUT2D eigenvalue weighted by molar-refractivity contribution is 5.27. The van der Waals surface area contributed by atoms with E-state index < -0.39 is 0 Å². The maximum Gasteiger partial charge on any atom is 0.0477 e. The van der Waals surface area contributed by atoms with Gasteiger partial charge in [-0.3, -0.25) is 0 Å². The molecule has 0 amide bonds. The molecule has 1 rings (SSSR count). The highest BCUT2D eigenvalue weighted by Crippen LogP contribution is 1.98. The Labute approximate surface area is 54.7 Å². The standard InChI is InChI=1S/C7H10N2/c1-6-2-3-7(8)5-9-4-6/h2-5,9H,8H2,1H3. The van der Waals surface area contributed by atoms with Gasteiger partial charge in [-0.2, -0.15) is 0 Å². The molecule has 0 bridgehead atoms. The number of nitrogens with two attached hydrogens (primary N) is 1. The van der Waals surface area contributed by atoms with Gasteiger partial charge in [0.05, 0.1) is 0 Å². The predicted molar refractivity (Wildman–Crippen MR) is 38.3 cm³/mol. The van der Waals surface area contributed by atoms with Crippen molar-refractivity contribution in [3.8, 4) is 0 Å². The van der Waals surface area contributed by atoms with Crippen LogP contribution in [0.4, 0.5) is 0 Å². The first-order chi connectivity index (χ1) is 4.29. The minimum absolute atomic E-state index is 0.753. The van der Waals surface area contributed by atoms with E-state index in [1.807, 2.05) is 25.3 Å². The molecule has 9 heavy (non-hydrogen) atoms. The summed E-state index contributed by atoms with van der Waals surface area (Å²) in [6.45, 7) is 2.01. The topological polar surface area (TPSA) is 38.0 Å². The first-order valence-electron chi connectivity index (χ1n) is 2.85. The lowest BCUT2D eigenvalue weighted by atomic mass is 10.3. The van der Waals surface area contributed by atoms with Crippen molar-refractivity contribution >= 4 is 0 Å². The maximum atomic E-state index is 5.48. The van der Waals surface area contributed by atoms with E-state index in [0.29, 0.717) is 0 Å². The van der Waals surface area contributed by atoms with E-state index in [4.69, 9.17) is 5.73 Å². The molecule has 2 nitrogen and oxygen atoms in total. The van der Waals surface area contributed by atoms with Crippen molar-refractivity contribution in [2.75, 3.05) is 0 Å². The number of rotatable bonds is 0. The lowest BCUT2D eigenvalue weighted by molar-refractivity contribution is 1.15. The molecule has 1 aliphatic heterocycles. The SMILES string of the molecule is CC1=CNC=C(N)C=C1. The Morgan fingerprint density at radius 2 is 2.11 bits per heavy atom. The normalized spacial score (nSPS) is 17.4. The second-order valence-electron chi connectivity index (χ2n) is 2.03. The molecule has 0 atom stereocenters. The quantitative estimate of drug-likeness (QED) is 0.500. The van der Waals surface area contributed by atoms with Crippen LogP contribution in [-0.4, -0.2) is 0 Å². The van der Waals surface area contributed by atoms with Crippen molar-refractivity contribution in [1.82, 2.24) is 5.32 Å². The molecule has 0 aromatic heterocycles. The number of nitrogens with one attached hydrogen (secondary N) is 1. The third-order valence-corrected chi connectivity index (χ3v) is 1.10. The van der Waals surface area contributed by atoms with E-state index in [0.717, 1.165) is 5.70 Å². The van der Waals surface area contributed by atoms with Gasteiger partial charge in [-0.15, -0.1) is 0 Å². The first-order valence-corrected chi connectivity index (χ1v) is 2.85. The van der Waals surface area contributed by atoms with Crippen molar-refractivity contribution in [3.05, 3.63) is 35.8 Å². The largest absolute Gasteiger partial charge is 0.398 e. The van der Waals surface area contributed by atoms with Crippen LogP contribution in [0.25, 0.3) is 0 Å². The van der Waals surface area contributed by atoms with Crippen LogP contribution in [0.15, 0.2) is 35.8 Å². The molecule has 1 heterocycles. The third kappa shape index (κ3) is 1.64. The van der Waals surface area contributed by atoms with Crippen LogP contribution < -0.4 is 11.1 Å². The van der Waals surface area contributed by atoms with Crippen LogP contribution in [0.2, 0.25) is 0 Å². The van der Waals surface area contributed by atoms with Gasteiger partial charge < -0.3 is 11.1 Å². The van der Waals surface area contributed by atoms with Crippen LogP contribution in [0.1, 0.15) is 6.92 Å². The molecule has 0 aromatic carbocycles. The van der Waals surface area contributed by atoms with Gasteiger partial charge in [-0.05, 0) is 18.6 Å². The average molecular weight is 122 g/mol. The molecule has 0 radical (unpaired) electrons. The van der Waals surface area contributed by atoms with Crippen LogP contribution in [0, 0.1) is 0 Å². The fourth-order valence-corrected chi connectivity index (χ4v) is 0.593. The summed E-state index contributed by atoms with van der Waals surface area (Å²) in [6, 6.07) is 0. The second-order valence-corrected chi connectivity index (χ2v) is 2.03. The van der Waals surface area contributed by atoms with Crippen LogP contribution in [-0.2, 0) is 0 Å². The lowest BCUT2D eigenvalue weighted by Crippen LogP contribution is -1.99. The van der Waals surface area contributed by atoms with Gasteiger partial charge in [-0.1, -0.05) is 6.08 Å². The Morgan fingerprint density at radius 1 is 1.33 bits per heavy atom. The summed E-state index contributed by atoms with van der Waals surface area (Å²) in [4.78, 5) is 0. The van der Waals surface area contributed by atoms with Crippen molar-refractivity contribution in [3.63, 3.8) is 0 Å². The smallest absolute Gasteiger partial charge is 0.0477 e. The molecule has 48 valence electrons. The highest BCUT2D eigenvalue weighted by atomic mass is 14.8. The van der Waals surface area contributed by atoms with Crippen LogP contribution in [0.5, 0.6) is 0 Å². The zero-order valence-corrected chi connectivity index (χ0v) is 5.39. The molecule has 0 saturated heterocycles. The summed E-state index contributed by atoms with van der Waals surface area (Å²) in [5.41, 5.74) is 7.40. The second kappa shape index (κ2) is 2.40. The molecule has 0 spiro atoms. The zero-order chi connectivity index (χ0) is 6.69. The Balaban J connectivity index is 2.75. The van der Waals surface area contributed by atoms with Gasteiger partial charge in [0.2, 0.25) is 0 Å². The Morgan fingerprint density at radius 3 is 2.89 bits per heavy atom. The molecule has 3 N–H and O–H groups in total.